The van der Waals surface area contributed by atoms with Gasteiger partial charge in [0.1, 0.15) is 0 Å². The minimum absolute atomic E-state index is 0.00624. The minimum atomic E-state index is -3.66. The topological polar surface area (TPSA) is 75.3 Å². The van der Waals surface area contributed by atoms with Gasteiger partial charge in [0.15, 0.2) is 0 Å². The Morgan fingerprint density at radius 3 is 2.15 bits per heavy atom. The summed E-state index contributed by atoms with van der Waals surface area (Å²) in [6.07, 6.45) is 2.42. The van der Waals surface area contributed by atoms with Gasteiger partial charge in [0.25, 0.3) is 10.0 Å². The first kappa shape index (κ1) is 18.5. The highest BCUT2D eigenvalue weighted by Crippen LogP contribution is 2.24. The van der Waals surface area contributed by atoms with Crippen molar-refractivity contribution in [1.29, 1.82) is 0 Å². The number of carbonyl (C=O) groups is 1. The quantitative estimate of drug-likeness (QED) is 0.817. The van der Waals surface area contributed by atoms with E-state index in [4.69, 9.17) is 0 Å². The highest BCUT2D eigenvalue weighted by molar-refractivity contribution is 7.92. The number of rotatable bonds is 6. The van der Waals surface area contributed by atoms with E-state index in [1.54, 1.807) is 38.1 Å². The fraction of sp³-hybridized carbons (Fsp3) is 0.350. The molecule has 0 aliphatic heterocycles. The Morgan fingerprint density at radius 2 is 1.62 bits per heavy atom. The molecule has 138 valence electrons. The van der Waals surface area contributed by atoms with Gasteiger partial charge in [-0.1, -0.05) is 29.8 Å². The van der Waals surface area contributed by atoms with Crippen molar-refractivity contribution in [2.24, 2.45) is 0 Å². The summed E-state index contributed by atoms with van der Waals surface area (Å²) in [5.41, 5.74) is 3.82. The standard InChI is InChI=1S/C20H24N2O3S/c1-13-10-14(2)20(15(3)11-13)26(24,25)22-18-6-4-16(5-7-18)12-19(23)21-17-8-9-17/h4-7,10-11,17,22H,8-9,12H2,1-3H3,(H,21,23). The van der Waals surface area contributed by atoms with Crippen LogP contribution in [0.1, 0.15) is 35.1 Å². The van der Waals surface area contributed by atoms with E-state index in [2.05, 4.69) is 10.0 Å². The molecule has 1 fully saturated rings. The van der Waals surface area contributed by atoms with Crippen LogP contribution < -0.4 is 10.0 Å². The largest absolute Gasteiger partial charge is 0.353 e. The van der Waals surface area contributed by atoms with Crippen molar-refractivity contribution in [1.82, 2.24) is 5.32 Å². The second-order valence-electron chi connectivity index (χ2n) is 7.05. The van der Waals surface area contributed by atoms with Crippen LogP contribution in [0.15, 0.2) is 41.3 Å². The van der Waals surface area contributed by atoms with Crippen LogP contribution in [-0.4, -0.2) is 20.4 Å². The Morgan fingerprint density at radius 1 is 1.04 bits per heavy atom. The van der Waals surface area contributed by atoms with E-state index in [0.717, 1.165) is 35.1 Å². The highest BCUT2D eigenvalue weighted by Gasteiger charge is 2.23. The molecule has 2 aromatic rings. The van der Waals surface area contributed by atoms with Crippen LogP contribution >= 0.6 is 0 Å². The first-order valence-electron chi connectivity index (χ1n) is 8.73. The van der Waals surface area contributed by atoms with E-state index in [9.17, 15) is 13.2 Å². The van der Waals surface area contributed by atoms with Crippen LogP contribution in [0.5, 0.6) is 0 Å². The summed E-state index contributed by atoms with van der Waals surface area (Å²) in [6.45, 7) is 5.55. The zero-order valence-corrected chi connectivity index (χ0v) is 16.1. The first-order chi connectivity index (χ1) is 12.2. The fourth-order valence-corrected chi connectivity index (χ4v) is 4.69. The number of sulfonamides is 1. The monoisotopic (exact) mass is 372 g/mol. The number of benzene rings is 2. The third-order valence-corrected chi connectivity index (χ3v) is 6.07. The lowest BCUT2D eigenvalue weighted by Crippen LogP contribution is -2.26. The molecule has 6 heteroatoms. The molecule has 0 bridgehead atoms. The maximum Gasteiger partial charge on any atom is 0.262 e. The predicted octanol–water partition coefficient (Wildman–Crippen LogP) is 3.23. The Bertz CT molecular complexity index is 907. The fourth-order valence-electron chi connectivity index (χ4n) is 3.18. The van der Waals surface area contributed by atoms with Crippen molar-refractivity contribution < 1.29 is 13.2 Å². The molecule has 2 N–H and O–H groups in total. The molecule has 1 amide bonds. The molecule has 0 radical (unpaired) electrons. The van der Waals surface area contributed by atoms with E-state index in [1.165, 1.54) is 0 Å². The van der Waals surface area contributed by atoms with Gasteiger partial charge in [0, 0.05) is 11.7 Å². The molecule has 3 rings (SSSR count). The lowest BCUT2D eigenvalue weighted by Gasteiger charge is -2.14. The van der Waals surface area contributed by atoms with Gasteiger partial charge < -0.3 is 5.32 Å². The summed E-state index contributed by atoms with van der Waals surface area (Å²) in [7, 11) is -3.66. The second-order valence-corrected chi connectivity index (χ2v) is 8.67. The molecule has 1 aliphatic carbocycles. The van der Waals surface area contributed by atoms with Crippen LogP contribution in [-0.2, 0) is 21.2 Å². The zero-order valence-electron chi connectivity index (χ0n) is 15.3. The number of amides is 1. The molecular weight excluding hydrogens is 348 g/mol. The molecule has 0 saturated heterocycles. The van der Waals surface area contributed by atoms with Gasteiger partial charge in [-0.05, 0) is 62.4 Å². The van der Waals surface area contributed by atoms with Crippen molar-refractivity contribution in [2.45, 2.75) is 51.0 Å². The summed E-state index contributed by atoms with van der Waals surface area (Å²) >= 11 is 0. The number of aryl methyl sites for hydroxylation is 3. The average Bonchev–Trinajstić information content (AvgIpc) is 3.31. The predicted molar refractivity (Wildman–Crippen MR) is 103 cm³/mol. The van der Waals surface area contributed by atoms with Gasteiger partial charge in [0.2, 0.25) is 5.91 Å². The molecule has 0 aromatic heterocycles. The number of carbonyl (C=O) groups excluding carboxylic acids is 1. The lowest BCUT2D eigenvalue weighted by molar-refractivity contribution is -0.120. The van der Waals surface area contributed by atoms with E-state index < -0.39 is 10.0 Å². The van der Waals surface area contributed by atoms with Crippen LogP contribution in [0.25, 0.3) is 0 Å². The van der Waals surface area contributed by atoms with Crippen LogP contribution in [0, 0.1) is 20.8 Å². The number of hydrogen-bond donors (Lipinski definition) is 2. The molecule has 1 saturated carbocycles. The maximum absolute atomic E-state index is 12.8. The van der Waals surface area contributed by atoms with Crippen LogP contribution in [0.2, 0.25) is 0 Å². The van der Waals surface area contributed by atoms with E-state index >= 15 is 0 Å². The third-order valence-electron chi connectivity index (χ3n) is 4.39. The molecule has 1 aliphatic rings. The molecule has 26 heavy (non-hydrogen) atoms. The van der Waals surface area contributed by atoms with Gasteiger partial charge in [0.05, 0.1) is 11.3 Å². The first-order valence-corrected chi connectivity index (χ1v) is 10.2. The third kappa shape index (κ3) is 4.43. The van der Waals surface area contributed by atoms with Gasteiger partial charge in [-0.2, -0.15) is 0 Å². The molecule has 0 spiro atoms. The number of anilines is 1. The Labute approximate surface area is 154 Å². The molecule has 5 nitrogen and oxygen atoms in total. The van der Waals surface area contributed by atoms with Crippen molar-refractivity contribution in [3.05, 3.63) is 58.7 Å². The van der Waals surface area contributed by atoms with Gasteiger partial charge >= 0.3 is 0 Å². The van der Waals surface area contributed by atoms with E-state index in [-0.39, 0.29) is 5.91 Å². The van der Waals surface area contributed by atoms with Gasteiger partial charge in [-0.3, -0.25) is 9.52 Å². The summed E-state index contributed by atoms with van der Waals surface area (Å²) in [5, 5.41) is 2.94. The van der Waals surface area contributed by atoms with Crippen molar-refractivity contribution >= 4 is 21.6 Å². The number of hydrogen-bond acceptors (Lipinski definition) is 3. The SMILES string of the molecule is Cc1cc(C)c(S(=O)(=O)Nc2ccc(CC(=O)NC3CC3)cc2)c(C)c1. The van der Waals surface area contributed by atoms with Crippen molar-refractivity contribution in [2.75, 3.05) is 4.72 Å². The van der Waals surface area contributed by atoms with Crippen molar-refractivity contribution in [3.8, 4) is 0 Å². The van der Waals surface area contributed by atoms with Crippen LogP contribution in [0.3, 0.4) is 0 Å². The second kappa shape index (κ2) is 7.11. The summed E-state index contributed by atoms with van der Waals surface area (Å²) in [4.78, 5) is 12.2. The number of nitrogens with one attached hydrogen (secondary N) is 2. The van der Waals surface area contributed by atoms with E-state index in [1.807, 2.05) is 19.1 Å². The molecule has 0 unspecified atom stereocenters. The molecule has 2 aromatic carbocycles. The van der Waals surface area contributed by atoms with E-state index in [0.29, 0.717) is 23.0 Å². The highest BCUT2D eigenvalue weighted by atomic mass is 32.2. The Kier molecular flexibility index (Phi) is 5.05. The summed E-state index contributed by atoms with van der Waals surface area (Å²) < 4.78 is 28.2. The Hall–Kier alpha value is -2.34. The molecule has 0 heterocycles. The smallest absolute Gasteiger partial charge is 0.262 e. The maximum atomic E-state index is 12.8. The minimum Gasteiger partial charge on any atom is -0.353 e. The Balaban J connectivity index is 1.72. The average molecular weight is 372 g/mol. The lowest BCUT2D eigenvalue weighted by atomic mass is 10.1. The normalized spacial score (nSPS) is 14.1. The summed E-state index contributed by atoms with van der Waals surface area (Å²) in [6, 6.07) is 11.0. The zero-order chi connectivity index (χ0) is 18.9. The summed E-state index contributed by atoms with van der Waals surface area (Å²) in [5.74, 6) is 0.00624. The van der Waals surface area contributed by atoms with Gasteiger partial charge in [-0.25, -0.2) is 8.42 Å². The van der Waals surface area contributed by atoms with Crippen molar-refractivity contribution in [3.63, 3.8) is 0 Å². The molecule has 0 atom stereocenters. The van der Waals surface area contributed by atoms with Gasteiger partial charge in [-0.15, -0.1) is 0 Å². The molecular formula is C20H24N2O3S. The van der Waals surface area contributed by atoms with Crippen LogP contribution in [0.4, 0.5) is 5.69 Å².